The van der Waals surface area contributed by atoms with Crippen molar-refractivity contribution in [2.75, 3.05) is 0 Å². The van der Waals surface area contributed by atoms with Crippen LogP contribution in [0.25, 0.3) is 0 Å². The standard InChI is InChI=1S/C5H7F3.C2H6/c1-2-5(7,8)3-4-6;1-2/h3-4H,2H2,1H3;1-2H3/b4-3+;. The molecule has 0 atom stereocenters. The van der Waals surface area contributed by atoms with Gasteiger partial charge in [0.1, 0.15) is 0 Å². The number of hydrogen-bond donors (Lipinski definition) is 0. The van der Waals surface area contributed by atoms with E-state index >= 15 is 0 Å². The summed E-state index contributed by atoms with van der Waals surface area (Å²) >= 11 is 0. The summed E-state index contributed by atoms with van der Waals surface area (Å²) in [5.41, 5.74) is 0. The molecule has 0 spiro atoms. The summed E-state index contributed by atoms with van der Waals surface area (Å²) in [6, 6.07) is 0. The summed E-state index contributed by atoms with van der Waals surface area (Å²) in [5, 5.41) is 0. The third-order valence-corrected chi connectivity index (χ3v) is 0.778. The molecule has 0 radical (unpaired) electrons. The quantitative estimate of drug-likeness (QED) is 0.570. The van der Waals surface area contributed by atoms with Crippen LogP contribution in [-0.2, 0) is 0 Å². The van der Waals surface area contributed by atoms with E-state index in [1.807, 2.05) is 13.8 Å². The number of halogens is 3. The first-order valence-corrected chi connectivity index (χ1v) is 3.28. The van der Waals surface area contributed by atoms with Crippen molar-refractivity contribution in [1.82, 2.24) is 0 Å². The Labute approximate surface area is 59.7 Å². The van der Waals surface area contributed by atoms with Gasteiger partial charge in [0.05, 0.1) is 6.33 Å². The summed E-state index contributed by atoms with van der Waals surface area (Å²) in [5.74, 6) is -2.96. The molecule has 0 nitrogen and oxygen atoms in total. The average Bonchev–Trinajstić information content (AvgIpc) is 1.93. The second kappa shape index (κ2) is 6.65. The van der Waals surface area contributed by atoms with E-state index in [1.165, 1.54) is 6.92 Å². The van der Waals surface area contributed by atoms with Gasteiger partial charge in [-0.15, -0.1) is 0 Å². The van der Waals surface area contributed by atoms with Gasteiger partial charge in [0.15, 0.2) is 0 Å². The summed E-state index contributed by atoms with van der Waals surface area (Å²) in [4.78, 5) is 0. The first kappa shape index (κ1) is 12.2. The first-order valence-electron chi connectivity index (χ1n) is 3.28. The molecule has 0 saturated carbocycles. The topological polar surface area (TPSA) is 0 Å². The predicted molar refractivity (Wildman–Crippen MR) is 36.8 cm³/mol. The van der Waals surface area contributed by atoms with Crippen LogP contribution in [-0.4, -0.2) is 5.92 Å². The average molecular weight is 154 g/mol. The first-order chi connectivity index (χ1) is 4.62. The van der Waals surface area contributed by atoms with Crippen LogP contribution in [0.15, 0.2) is 12.4 Å². The third kappa shape index (κ3) is 7.53. The maximum atomic E-state index is 11.8. The normalized spacial score (nSPS) is 11.0. The highest BCUT2D eigenvalue weighted by atomic mass is 19.3. The van der Waals surface area contributed by atoms with E-state index in [0.717, 1.165) is 0 Å². The van der Waals surface area contributed by atoms with Gasteiger partial charge in [-0.1, -0.05) is 20.8 Å². The summed E-state index contributed by atoms with van der Waals surface area (Å²) in [7, 11) is 0. The molecule has 0 aliphatic heterocycles. The van der Waals surface area contributed by atoms with E-state index in [0.29, 0.717) is 0 Å². The maximum Gasteiger partial charge on any atom is 0.268 e. The van der Waals surface area contributed by atoms with E-state index in [-0.39, 0.29) is 18.8 Å². The lowest BCUT2D eigenvalue weighted by atomic mass is 10.3. The summed E-state index contributed by atoms with van der Waals surface area (Å²) in [6.45, 7) is 5.29. The van der Waals surface area contributed by atoms with Crippen molar-refractivity contribution >= 4 is 0 Å². The molecule has 0 aromatic carbocycles. The minimum atomic E-state index is -2.96. The van der Waals surface area contributed by atoms with Gasteiger partial charge in [0, 0.05) is 12.5 Å². The van der Waals surface area contributed by atoms with E-state index in [4.69, 9.17) is 0 Å². The zero-order valence-electron chi connectivity index (χ0n) is 6.50. The molecule has 62 valence electrons. The van der Waals surface area contributed by atoms with Gasteiger partial charge in [-0.25, -0.2) is 13.2 Å². The minimum Gasteiger partial charge on any atom is -0.216 e. The Balaban J connectivity index is 0. The van der Waals surface area contributed by atoms with Gasteiger partial charge < -0.3 is 0 Å². The van der Waals surface area contributed by atoms with Crippen molar-refractivity contribution in [3.05, 3.63) is 12.4 Å². The summed E-state index contributed by atoms with van der Waals surface area (Å²) in [6.07, 6.45) is -0.246. The van der Waals surface area contributed by atoms with Crippen LogP contribution < -0.4 is 0 Å². The van der Waals surface area contributed by atoms with Crippen LogP contribution in [0.5, 0.6) is 0 Å². The van der Waals surface area contributed by atoms with Gasteiger partial charge in [-0.2, -0.15) is 0 Å². The molecular formula is C7H13F3. The Morgan fingerprint density at radius 2 is 1.70 bits per heavy atom. The molecule has 0 aliphatic carbocycles. The van der Waals surface area contributed by atoms with Crippen LogP contribution in [0.3, 0.4) is 0 Å². The van der Waals surface area contributed by atoms with E-state index in [2.05, 4.69) is 0 Å². The monoisotopic (exact) mass is 154 g/mol. The van der Waals surface area contributed by atoms with Crippen molar-refractivity contribution < 1.29 is 13.2 Å². The van der Waals surface area contributed by atoms with Gasteiger partial charge in [-0.3, -0.25) is 0 Å². The van der Waals surface area contributed by atoms with Crippen molar-refractivity contribution in [3.63, 3.8) is 0 Å². The van der Waals surface area contributed by atoms with Gasteiger partial charge in [0.2, 0.25) is 0 Å². The lowest BCUT2D eigenvalue weighted by molar-refractivity contribution is 0.0500. The molecule has 0 saturated heterocycles. The van der Waals surface area contributed by atoms with Crippen molar-refractivity contribution in [2.24, 2.45) is 0 Å². The fourth-order valence-corrected chi connectivity index (χ4v) is 0.210. The Morgan fingerprint density at radius 1 is 1.30 bits per heavy atom. The second-order valence-corrected chi connectivity index (χ2v) is 1.41. The maximum absolute atomic E-state index is 11.8. The smallest absolute Gasteiger partial charge is 0.216 e. The lowest BCUT2D eigenvalue weighted by Gasteiger charge is -2.04. The highest BCUT2D eigenvalue weighted by Crippen LogP contribution is 2.18. The van der Waals surface area contributed by atoms with Crippen LogP contribution >= 0.6 is 0 Å². The second-order valence-electron chi connectivity index (χ2n) is 1.41. The molecule has 0 heterocycles. The van der Waals surface area contributed by atoms with Crippen molar-refractivity contribution in [1.29, 1.82) is 0 Å². The highest BCUT2D eigenvalue weighted by Gasteiger charge is 2.20. The zero-order chi connectivity index (χ0) is 8.62. The van der Waals surface area contributed by atoms with Crippen LogP contribution in [0, 0.1) is 0 Å². The Morgan fingerprint density at radius 3 is 1.80 bits per heavy atom. The number of alkyl halides is 2. The van der Waals surface area contributed by atoms with Crippen molar-refractivity contribution in [2.45, 2.75) is 33.1 Å². The Hall–Kier alpha value is -0.470. The number of hydrogen-bond acceptors (Lipinski definition) is 0. The summed E-state index contributed by atoms with van der Waals surface area (Å²) < 4.78 is 34.7. The minimum absolute atomic E-state index is 0.135. The fourth-order valence-electron chi connectivity index (χ4n) is 0.210. The van der Waals surface area contributed by atoms with E-state index in [9.17, 15) is 13.2 Å². The number of allylic oxidation sites excluding steroid dienone is 1. The molecule has 0 aliphatic rings. The van der Waals surface area contributed by atoms with Gasteiger partial charge in [0.25, 0.3) is 5.92 Å². The molecule has 0 aromatic heterocycles. The van der Waals surface area contributed by atoms with Crippen molar-refractivity contribution in [3.8, 4) is 0 Å². The lowest BCUT2D eigenvalue weighted by Crippen LogP contribution is -2.08. The molecule has 0 bridgehead atoms. The molecule has 0 rings (SSSR count). The van der Waals surface area contributed by atoms with E-state index in [1.54, 1.807) is 0 Å². The molecule has 0 aromatic rings. The molecule has 0 amide bonds. The molecule has 10 heavy (non-hydrogen) atoms. The highest BCUT2D eigenvalue weighted by molar-refractivity contribution is 4.88. The van der Waals surface area contributed by atoms with Gasteiger partial charge in [-0.05, 0) is 0 Å². The van der Waals surface area contributed by atoms with Crippen LogP contribution in [0.4, 0.5) is 13.2 Å². The SMILES string of the molecule is CC.CCC(F)(F)/C=C/F. The number of rotatable bonds is 2. The Bertz CT molecular complexity index is 86.9. The van der Waals surface area contributed by atoms with Crippen LogP contribution in [0.1, 0.15) is 27.2 Å². The zero-order valence-corrected chi connectivity index (χ0v) is 6.50. The molecule has 0 unspecified atom stereocenters. The predicted octanol–water partition coefficient (Wildman–Crippen LogP) is 3.54. The van der Waals surface area contributed by atoms with Crippen LogP contribution in [0.2, 0.25) is 0 Å². The molecule has 3 heteroatoms. The molecule has 0 N–H and O–H groups in total. The Kier molecular flexibility index (Phi) is 8.13. The molecular weight excluding hydrogens is 141 g/mol. The fraction of sp³-hybridized carbons (Fsp3) is 0.714. The molecule has 0 fully saturated rings. The van der Waals surface area contributed by atoms with Gasteiger partial charge >= 0.3 is 0 Å². The third-order valence-electron chi connectivity index (χ3n) is 0.778. The van der Waals surface area contributed by atoms with E-state index < -0.39 is 5.92 Å². The largest absolute Gasteiger partial charge is 0.268 e.